The molecule has 24 heavy (non-hydrogen) atoms. The average molecular weight is 325 g/mol. The van der Waals surface area contributed by atoms with Gasteiger partial charge in [0.15, 0.2) is 0 Å². The second-order valence-electron chi connectivity index (χ2n) is 5.88. The number of carbonyl (C=O) groups is 1. The molecule has 0 aliphatic carbocycles. The summed E-state index contributed by atoms with van der Waals surface area (Å²) in [4.78, 5) is 25.7. The van der Waals surface area contributed by atoms with E-state index in [1.807, 2.05) is 32.0 Å². The van der Waals surface area contributed by atoms with E-state index in [1.54, 1.807) is 29.2 Å². The molecule has 0 fully saturated rings. The van der Waals surface area contributed by atoms with Crippen molar-refractivity contribution in [3.8, 4) is 0 Å². The van der Waals surface area contributed by atoms with Crippen LogP contribution in [-0.2, 0) is 0 Å². The zero-order chi connectivity index (χ0) is 17.3. The largest absolute Gasteiger partial charge is 0.361 e. The Kier molecular flexibility index (Phi) is 4.20. The molecule has 2 unspecified atom stereocenters. The van der Waals surface area contributed by atoms with E-state index in [0.29, 0.717) is 16.8 Å². The Hall–Kier alpha value is -2.89. The van der Waals surface area contributed by atoms with E-state index >= 15 is 0 Å². The Bertz CT molecular complexity index is 791. The minimum atomic E-state index is -0.566. The van der Waals surface area contributed by atoms with Gasteiger partial charge < -0.3 is 10.2 Å². The van der Waals surface area contributed by atoms with Crippen LogP contribution in [0.4, 0.5) is 11.4 Å². The van der Waals surface area contributed by atoms with Crippen LogP contribution in [-0.4, -0.2) is 21.8 Å². The van der Waals surface area contributed by atoms with Crippen LogP contribution in [0.1, 0.15) is 42.4 Å². The van der Waals surface area contributed by atoms with Crippen LogP contribution in [0.5, 0.6) is 0 Å². The van der Waals surface area contributed by atoms with Gasteiger partial charge in [0.25, 0.3) is 11.6 Å². The van der Waals surface area contributed by atoms with E-state index in [9.17, 15) is 14.9 Å². The van der Waals surface area contributed by atoms with E-state index in [-0.39, 0.29) is 17.6 Å². The van der Waals surface area contributed by atoms with Gasteiger partial charge in [-0.2, -0.15) is 0 Å². The first kappa shape index (κ1) is 16.0. The molecule has 2 atom stereocenters. The van der Waals surface area contributed by atoms with E-state index in [4.69, 9.17) is 0 Å². The van der Waals surface area contributed by atoms with Gasteiger partial charge >= 0.3 is 0 Å². The normalized spacial score (nSPS) is 17.8. The van der Waals surface area contributed by atoms with Gasteiger partial charge in [0.05, 0.1) is 16.1 Å². The third kappa shape index (κ3) is 2.60. The number of benzene rings is 2. The highest BCUT2D eigenvalue weighted by molar-refractivity contribution is 6.02. The topological polar surface area (TPSA) is 75.5 Å². The lowest BCUT2D eigenvalue weighted by atomic mass is 10.00. The minimum Gasteiger partial charge on any atom is -0.361 e. The van der Waals surface area contributed by atoms with Crippen molar-refractivity contribution in [3.63, 3.8) is 0 Å². The number of para-hydroxylation sites is 2. The van der Waals surface area contributed by atoms with Crippen molar-refractivity contribution >= 4 is 17.3 Å². The van der Waals surface area contributed by atoms with Gasteiger partial charge in [-0.05, 0) is 31.5 Å². The summed E-state index contributed by atoms with van der Waals surface area (Å²) < 4.78 is 0. The molecule has 2 aromatic carbocycles. The number of nitro groups is 1. The number of rotatable bonds is 4. The van der Waals surface area contributed by atoms with Crippen molar-refractivity contribution in [2.75, 3.05) is 5.32 Å². The number of amides is 1. The summed E-state index contributed by atoms with van der Waals surface area (Å²) in [5.41, 5.74) is 1.79. The maximum Gasteiger partial charge on any atom is 0.276 e. The van der Waals surface area contributed by atoms with Gasteiger partial charge in [0.2, 0.25) is 0 Å². The molecule has 0 radical (unpaired) electrons. The summed E-state index contributed by atoms with van der Waals surface area (Å²) in [6, 6.07) is 13.8. The first-order chi connectivity index (χ1) is 11.5. The van der Waals surface area contributed by atoms with Crippen molar-refractivity contribution < 1.29 is 9.72 Å². The maximum absolute atomic E-state index is 13.0. The third-order valence-electron chi connectivity index (χ3n) is 4.46. The van der Waals surface area contributed by atoms with Gasteiger partial charge in [-0.15, -0.1) is 0 Å². The Balaban J connectivity index is 2.15. The fourth-order valence-electron chi connectivity index (χ4n) is 3.03. The number of nitrogens with zero attached hydrogens (tertiary/aromatic N) is 2. The monoisotopic (exact) mass is 325 g/mol. The Morgan fingerprint density at radius 2 is 1.88 bits per heavy atom. The van der Waals surface area contributed by atoms with Crippen LogP contribution >= 0.6 is 0 Å². The van der Waals surface area contributed by atoms with Crippen LogP contribution in [0, 0.1) is 10.1 Å². The average Bonchev–Trinajstić information content (AvgIpc) is 2.61. The van der Waals surface area contributed by atoms with Gasteiger partial charge in [0, 0.05) is 17.8 Å². The molecule has 1 N–H and O–H groups in total. The lowest BCUT2D eigenvalue weighted by molar-refractivity contribution is -0.385. The highest BCUT2D eigenvalue weighted by Crippen LogP contribution is 2.38. The lowest BCUT2D eigenvalue weighted by Crippen LogP contribution is -2.47. The molecule has 6 heteroatoms. The second kappa shape index (κ2) is 6.31. The number of hydrogen-bond donors (Lipinski definition) is 1. The fourth-order valence-corrected chi connectivity index (χ4v) is 3.03. The van der Waals surface area contributed by atoms with E-state index in [2.05, 4.69) is 5.32 Å². The third-order valence-corrected chi connectivity index (χ3v) is 4.46. The first-order valence-corrected chi connectivity index (χ1v) is 7.96. The highest BCUT2D eigenvalue weighted by Gasteiger charge is 2.37. The molecule has 1 aliphatic rings. The van der Waals surface area contributed by atoms with Crippen molar-refractivity contribution in [2.24, 2.45) is 0 Å². The van der Waals surface area contributed by atoms with E-state index in [0.717, 1.165) is 6.42 Å². The van der Waals surface area contributed by atoms with E-state index in [1.165, 1.54) is 6.07 Å². The molecule has 1 aliphatic heterocycles. The molecule has 2 aromatic rings. The summed E-state index contributed by atoms with van der Waals surface area (Å²) >= 11 is 0. The highest BCUT2D eigenvalue weighted by atomic mass is 16.6. The van der Waals surface area contributed by atoms with Crippen LogP contribution in [0.3, 0.4) is 0 Å². The molecule has 0 saturated carbocycles. The van der Waals surface area contributed by atoms with Crippen LogP contribution in [0.2, 0.25) is 0 Å². The summed E-state index contributed by atoms with van der Waals surface area (Å²) in [6.07, 6.45) is 0.191. The van der Waals surface area contributed by atoms with Crippen LogP contribution < -0.4 is 5.32 Å². The zero-order valence-electron chi connectivity index (χ0n) is 13.6. The number of hydrogen-bond acceptors (Lipinski definition) is 4. The van der Waals surface area contributed by atoms with Crippen molar-refractivity contribution in [1.82, 2.24) is 4.90 Å². The fraction of sp³-hybridized carbons (Fsp3) is 0.278. The number of carbonyl (C=O) groups excluding carboxylic acids is 1. The van der Waals surface area contributed by atoms with Crippen LogP contribution in [0.15, 0.2) is 48.5 Å². The zero-order valence-corrected chi connectivity index (χ0v) is 13.6. The molecule has 0 saturated heterocycles. The molecular formula is C18H19N3O3. The summed E-state index contributed by atoms with van der Waals surface area (Å²) in [6.45, 7) is 3.95. The second-order valence-corrected chi connectivity index (χ2v) is 5.88. The van der Waals surface area contributed by atoms with Gasteiger partial charge in [-0.1, -0.05) is 31.2 Å². The maximum atomic E-state index is 13.0. The number of nitro benzene ring substituents is 1. The van der Waals surface area contributed by atoms with Crippen molar-refractivity contribution in [1.29, 1.82) is 0 Å². The quantitative estimate of drug-likeness (QED) is 0.682. The predicted molar refractivity (Wildman–Crippen MR) is 91.8 cm³/mol. The molecule has 0 aromatic heterocycles. The van der Waals surface area contributed by atoms with E-state index < -0.39 is 11.1 Å². The predicted octanol–water partition coefficient (Wildman–Crippen LogP) is 3.96. The molecular weight excluding hydrogens is 306 g/mol. The molecule has 1 amide bonds. The molecule has 0 spiro atoms. The number of anilines is 1. The Morgan fingerprint density at radius 3 is 2.58 bits per heavy atom. The van der Waals surface area contributed by atoms with Crippen molar-refractivity contribution in [3.05, 3.63) is 69.8 Å². The SMILES string of the molecule is CCC(C)N1C(=O)c2ccccc2NC1c1ccccc1[N+](=O)[O-]. The Morgan fingerprint density at radius 1 is 1.21 bits per heavy atom. The number of nitrogens with one attached hydrogen (secondary N) is 1. The Labute approximate surface area is 140 Å². The van der Waals surface area contributed by atoms with Crippen LogP contribution in [0.25, 0.3) is 0 Å². The van der Waals surface area contributed by atoms with Gasteiger partial charge in [-0.3, -0.25) is 14.9 Å². The summed E-state index contributed by atoms with van der Waals surface area (Å²) in [7, 11) is 0. The molecule has 0 bridgehead atoms. The standard InChI is InChI=1S/C18H19N3O3/c1-3-12(2)20-17(14-9-5-7-11-16(14)21(23)24)19-15-10-6-4-8-13(15)18(20)22/h4-12,17,19H,3H2,1-2H3. The molecule has 3 rings (SSSR count). The molecule has 124 valence electrons. The minimum absolute atomic E-state index is 0.00971. The summed E-state index contributed by atoms with van der Waals surface area (Å²) in [5.74, 6) is -0.109. The molecule has 1 heterocycles. The van der Waals surface area contributed by atoms with Gasteiger partial charge in [-0.25, -0.2) is 0 Å². The first-order valence-electron chi connectivity index (χ1n) is 7.96. The smallest absolute Gasteiger partial charge is 0.276 e. The van der Waals surface area contributed by atoms with Crippen molar-refractivity contribution in [2.45, 2.75) is 32.5 Å². The molecule has 6 nitrogen and oxygen atoms in total. The lowest BCUT2D eigenvalue weighted by Gasteiger charge is -2.41. The number of fused-ring (bicyclic) bond motifs is 1. The summed E-state index contributed by atoms with van der Waals surface area (Å²) in [5, 5.41) is 14.7. The van der Waals surface area contributed by atoms with Gasteiger partial charge in [0.1, 0.15) is 6.17 Å².